The Bertz CT molecular complexity index is 553. The summed E-state index contributed by atoms with van der Waals surface area (Å²) < 4.78 is 43.1. The van der Waals surface area contributed by atoms with E-state index in [0.29, 0.717) is 12.8 Å². The fraction of sp³-hybridized carbons (Fsp3) is 0.571. The average molecular weight is 319 g/mol. The summed E-state index contributed by atoms with van der Waals surface area (Å²) in [6, 6.07) is 2.66. The summed E-state index contributed by atoms with van der Waals surface area (Å²) in [4.78, 5) is 22.6. The molecule has 2 N–H and O–H groups in total. The maximum absolute atomic E-state index is 12.7. The highest BCUT2D eigenvalue weighted by Crippen LogP contribution is 2.39. The van der Waals surface area contributed by atoms with Crippen molar-refractivity contribution < 1.29 is 32.3 Å². The summed E-state index contributed by atoms with van der Waals surface area (Å²) in [7, 11) is 0. The van der Waals surface area contributed by atoms with Crippen molar-refractivity contribution in [2.24, 2.45) is 11.8 Å². The minimum atomic E-state index is -4.27. The molecule has 1 fully saturated rings. The lowest BCUT2D eigenvalue weighted by Crippen LogP contribution is -2.37. The lowest BCUT2D eigenvalue weighted by atomic mass is 9.80. The SMILES string of the molecule is O=C(O)c1ccc(CNC(=O)C2CCCC(C(F)(F)F)C2)o1. The van der Waals surface area contributed by atoms with Gasteiger partial charge in [-0.3, -0.25) is 4.79 Å². The zero-order valence-electron chi connectivity index (χ0n) is 11.7. The van der Waals surface area contributed by atoms with E-state index in [1.807, 2.05) is 0 Å². The van der Waals surface area contributed by atoms with Gasteiger partial charge in [0.05, 0.1) is 12.5 Å². The van der Waals surface area contributed by atoms with Gasteiger partial charge in [-0.2, -0.15) is 13.2 Å². The molecule has 1 aromatic rings. The molecule has 1 aliphatic carbocycles. The molecule has 2 unspecified atom stereocenters. The zero-order chi connectivity index (χ0) is 16.3. The van der Waals surface area contributed by atoms with Crippen LogP contribution in [-0.2, 0) is 11.3 Å². The first-order valence-electron chi connectivity index (χ1n) is 6.94. The summed E-state index contributed by atoms with van der Waals surface area (Å²) in [6.07, 6.45) is -3.61. The minimum Gasteiger partial charge on any atom is -0.475 e. The number of halogens is 3. The van der Waals surface area contributed by atoms with Crippen LogP contribution in [0.3, 0.4) is 0 Å². The quantitative estimate of drug-likeness (QED) is 0.894. The van der Waals surface area contributed by atoms with Crippen molar-refractivity contribution in [2.45, 2.75) is 38.4 Å². The van der Waals surface area contributed by atoms with Gasteiger partial charge in [0.25, 0.3) is 0 Å². The Labute approximate surface area is 124 Å². The van der Waals surface area contributed by atoms with Crippen molar-refractivity contribution in [1.29, 1.82) is 0 Å². The summed E-state index contributed by atoms with van der Waals surface area (Å²) in [5.41, 5.74) is 0. The van der Waals surface area contributed by atoms with Crippen molar-refractivity contribution in [3.05, 3.63) is 23.7 Å². The molecule has 22 heavy (non-hydrogen) atoms. The molecule has 0 spiro atoms. The van der Waals surface area contributed by atoms with E-state index < -0.39 is 29.9 Å². The number of carboxylic acids is 1. The van der Waals surface area contributed by atoms with Crippen molar-refractivity contribution in [3.63, 3.8) is 0 Å². The lowest BCUT2D eigenvalue weighted by Gasteiger charge is -2.29. The summed E-state index contributed by atoms with van der Waals surface area (Å²) in [6.45, 7) is -0.0424. The molecule has 1 amide bonds. The third-order valence-corrected chi connectivity index (χ3v) is 3.82. The Morgan fingerprint density at radius 2 is 2.05 bits per heavy atom. The Morgan fingerprint density at radius 3 is 2.64 bits per heavy atom. The largest absolute Gasteiger partial charge is 0.475 e. The molecule has 0 saturated heterocycles. The number of hydrogen-bond acceptors (Lipinski definition) is 3. The second-order valence-corrected chi connectivity index (χ2v) is 5.39. The molecule has 0 bridgehead atoms. The number of furan rings is 1. The van der Waals surface area contributed by atoms with Gasteiger partial charge in [-0.15, -0.1) is 0 Å². The second-order valence-electron chi connectivity index (χ2n) is 5.39. The van der Waals surface area contributed by atoms with E-state index in [1.165, 1.54) is 12.1 Å². The molecule has 1 aliphatic rings. The zero-order valence-corrected chi connectivity index (χ0v) is 11.7. The molecule has 5 nitrogen and oxygen atoms in total. The predicted octanol–water partition coefficient (Wildman–Crippen LogP) is 2.96. The Hall–Kier alpha value is -1.99. The molecule has 0 aliphatic heterocycles. The van der Waals surface area contributed by atoms with E-state index in [4.69, 9.17) is 9.52 Å². The molecule has 1 saturated carbocycles. The number of carboxylic acid groups (broad SMARTS) is 1. The van der Waals surface area contributed by atoms with Crippen LogP contribution >= 0.6 is 0 Å². The van der Waals surface area contributed by atoms with Gasteiger partial charge in [0.2, 0.25) is 11.7 Å². The van der Waals surface area contributed by atoms with E-state index in [1.54, 1.807) is 0 Å². The summed E-state index contributed by atoms with van der Waals surface area (Å²) in [5.74, 6) is -3.79. The first-order valence-corrected chi connectivity index (χ1v) is 6.94. The number of carbonyl (C=O) groups is 2. The Morgan fingerprint density at radius 1 is 1.32 bits per heavy atom. The molecular weight excluding hydrogens is 303 g/mol. The molecule has 1 aromatic heterocycles. The van der Waals surface area contributed by atoms with Crippen LogP contribution < -0.4 is 5.32 Å². The number of amides is 1. The van der Waals surface area contributed by atoms with Gasteiger partial charge in [-0.1, -0.05) is 6.42 Å². The smallest absolute Gasteiger partial charge is 0.391 e. The van der Waals surface area contributed by atoms with Crippen LogP contribution in [0.4, 0.5) is 13.2 Å². The first kappa shape index (κ1) is 16.4. The van der Waals surface area contributed by atoms with Crippen molar-refractivity contribution >= 4 is 11.9 Å². The van der Waals surface area contributed by atoms with Gasteiger partial charge >= 0.3 is 12.1 Å². The highest BCUT2D eigenvalue weighted by molar-refractivity contribution is 5.84. The predicted molar refractivity (Wildman–Crippen MR) is 69.0 cm³/mol. The third kappa shape index (κ3) is 4.02. The van der Waals surface area contributed by atoms with Gasteiger partial charge < -0.3 is 14.8 Å². The monoisotopic (exact) mass is 319 g/mol. The topological polar surface area (TPSA) is 79.5 Å². The van der Waals surface area contributed by atoms with Crippen LogP contribution in [0.2, 0.25) is 0 Å². The molecule has 8 heteroatoms. The fourth-order valence-corrected chi connectivity index (χ4v) is 2.63. The first-order chi connectivity index (χ1) is 10.3. The summed E-state index contributed by atoms with van der Waals surface area (Å²) in [5, 5.41) is 11.2. The molecule has 0 radical (unpaired) electrons. The van der Waals surface area contributed by atoms with E-state index in [-0.39, 0.29) is 30.9 Å². The number of aromatic carboxylic acids is 1. The highest BCUT2D eigenvalue weighted by atomic mass is 19.4. The van der Waals surface area contributed by atoms with Crippen LogP contribution in [0, 0.1) is 11.8 Å². The van der Waals surface area contributed by atoms with Crippen LogP contribution in [0.25, 0.3) is 0 Å². The summed E-state index contributed by atoms with van der Waals surface area (Å²) >= 11 is 0. The molecule has 2 rings (SSSR count). The third-order valence-electron chi connectivity index (χ3n) is 3.82. The molecule has 1 heterocycles. The molecular formula is C14H16F3NO4. The minimum absolute atomic E-state index is 0.0424. The number of nitrogens with one attached hydrogen (secondary N) is 1. The van der Waals surface area contributed by atoms with E-state index in [9.17, 15) is 22.8 Å². The van der Waals surface area contributed by atoms with Crippen LogP contribution in [0.5, 0.6) is 0 Å². The van der Waals surface area contributed by atoms with Gasteiger partial charge in [-0.05, 0) is 31.4 Å². The van der Waals surface area contributed by atoms with E-state index in [0.717, 1.165) is 0 Å². The van der Waals surface area contributed by atoms with Crippen LogP contribution in [-0.4, -0.2) is 23.2 Å². The molecule has 2 atom stereocenters. The highest BCUT2D eigenvalue weighted by Gasteiger charge is 2.43. The molecule has 122 valence electrons. The van der Waals surface area contributed by atoms with Gasteiger partial charge in [0, 0.05) is 5.92 Å². The number of carbonyl (C=O) groups excluding carboxylic acids is 1. The second kappa shape index (κ2) is 6.41. The van der Waals surface area contributed by atoms with E-state index in [2.05, 4.69) is 5.32 Å². The van der Waals surface area contributed by atoms with Crippen LogP contribution in [0.1, 0.15) is 42.0 Å². The maximum atomic E-state index is 12.7. The lowest BCUT2D eigenvalue weighted by molar-refractivity contribution is -0.186. The van der Waals surface area contributed by atoms with Gasteiger partial charge in [0.15, 0.2) is 0 Å². The van der Waals surface area contributed by atoms with Crippen molar-refractivity contribution in [1.82, 2.24) is 5.32 Å². The Kier molecular flexibility index (Phi) is 4.77. The number of alkyl halides is 3. The Balaban J connectivity index is 1.87. The number of hydrogen-bond donors (Lipinski definition) is 2. The van der Waals surface area contributed by atoms with Gasteiger partial charge in [-0.25, -0.2) is 4.79 Å². The fourth-order valence-electron chi connectivity index (χ4n) is 2.63. The van der Waals surface area contributed by atoms with Crippen LogP contribution in [0.15, 0.2) is 16.5 Å². The number of rotatable bonds is 4. The van der Waals surface area contributed by atoms with Crippen molar-refractivity contribution in [2.75, 3.05) is 0 Å². The van der Waals surface area contributed by atoms with Gasteiger partial charge in [0.1, 0.15) is 5.76 Å². The van der Waals surface area contributed by atoms with Crippen molar-refractivity contribution in [3.8, 4) is 0 Å². The van der Waals surface area contributed by atoms with E-state index >= 15 is 0 Å². The maximum Gasteiger partial charge on any atom is 0.391 e. The normalized spacial score (nSPS) is 22.3. The standard InChI is InChI=1S/C14H16F3NO4/c15-14(16,17)9-3-1-2-8(6-9)12(19)18-7-10-4-5-11(22-10)13(20)21/h4-5,8-9H,1-3,6-7H2,(H,18,19)(H,20,21). The molecule has 0 aromatic carbocycles. The average Bonchev–Trinajstić information content (AvgIpc) is 2.93.